The van der Waals surface area contributed by atoms with Gasteiger partial charge in [0.25, 0.3) is 5.91 Å². The molecule has 1 fully saturated rings. The van der Waals surface area contributed by atoms with Gasteiger partial charge in [-0.1, -0.05) is 30.3 Å². The maximum atomic E-state index is 12.7. The number of pyridine rings is 1. The Kier molecular flexibility index (Phi) is 5.66. The molecular formula is C26H27N5O2. The van der Waals surface area contributed by atoms with Crippen molar-refractivity contribution in [1.82, 2.24) is 19.7 Å². The number of rotatable bonds is 5. The van der Waals surface area contributed by atoms with Gasteiger partial charge in [-0.15, -0.1) is 0 Å². The van der Waals surface area contributed by atoms with Gasteiger partial charge in [0, 0.05) is 47.7 Å². The summed E-state index contributed by atoms with van der Waals surface area (Å²) in [7, 11) is 2.08. The summed E-state index contributed by atoms with van der Waals surface area (Å²) < 4.78 is 1.89. The number of benzene rings is 2. The van der Waals surface area contributed by atoms with Crippen LogP contribution in [0.25, 0.3) is 22.2 Å². The van der Waals surface area contributed by atoms with Crippen molar-refractivity contribution in [1.29, 1.82) is 0 Å². The molecule has 2 N–H and O–H groups in total. The number of carbonyl (C=O) groups excluding carboxylic acids is 1. The summed E-state index contributed by atoms with van der Waals surface area (Å²) in [5.41, 5.74) is 3.19. The second-order valence-corrected chi connectivity index (χ2v) is 8.82. The van der Waals surface area contributed by atoms with Crippen LogP contribution in [-0.2, 0) is 6.54 Å². The topological polar surface area (TPSA) is 83.3 Å². The smallest absolute Gasteiger partial charge is 0.255 e. The van der Waals surface area contributed by atoms with E-state index in [-0.39, 0.29) is 5.91 Å². The summed E-state index contributed by atoms with van der Waals surface area (Å²) in [6.07, 6.45) is 4.59. The number of piperidine rings is 1. The van der Waals surface area contributed by atoms with E-state index in [0.29, 0.717) is 30.6 Å². The fourth-order valence-electron chi connectivity index (χ4n) is 4.36. The van der Waals surface area contributed by atoms with Gasteiger partial charge < -0.3 is 15.3 Å². The minimum Gasteiger partial charge on any atom is -0.388 e. The fraction of sp³-hybridized carbons (Fsp3) is 0.269. The zero-order chi connectivity index (χ0) is 22.8. The van der Waals surface area contributed by atoms with Gasteiger partial charge in [-0.2, -0.15) is 5.10 Å². The van der Waals surface area contributed by atoms with Crippen LogP contribution in [-0.4, -0.2) is 56.4 Å². The number of aliphatic hydroxyl groups is 1. The zero-order valence-corrected chi connectivity index (χ0v) is 18.6. The van der Waals surface area contributed by atoms with Crippen LogP contribution in [0, 0.1) is 0 Å². The molecule has 3 heterocycles. The first-order chi connectivity index (χ1) is 16.0. The highest BCUT2D eigenvalue weighted by atomic mass is 16.3. The van der Waals surface area contributed by atoms with Gasteiger partial charge in [0.2, 0.25) is 0 Å². The predicted molar refractivity (Wildman–Crippen MR) is 129 cm³/mol. The molecular weight excluding hydrogens is 414 g/mol. The van der Waals surface area contributed by atoms with E-state index in [0.717, 1.165) is 35.2 Å². The first-order valence-corrected chi connectivity index (χ1v) is 11.2. The summed E-state index contributed by atoms with van der Waals surface area (Å²) in [5.74, 6) is -0.194. The van der Waals surface area contributed by atoms with Crippen LogP contribution in [0.1, 0.15) is 23.2 Å². The Bertz CT molecular complexity index is 1260. The van der Waals surface area contributed by atoms with E-state index in [1.807, 2.05) is 53.2 Å². The minimum atomic E-state index is -0.810. The number of anilines is 1. The number of nitrogens with zero attached hydrogens (tertiary/aromatic N) is 4. The maximum absolute atomic E-state index is 12.7. The molecule has 1 aliphatic rings. The first kappa shape index (κ1) is 21.3. The molecule has 7 heteroatoms. The van der Waals surface area contributed by atoms with Crippen LogP contribution in [0.2, 0.25) is 0 Å². The molecule has 33 heavy (non-hydrogen) atoms. The third kappa shape index (κ3) is 4.51. The molecule has 0 saturated carbocycles. The van der Waals surface area contributed by atoms with Crippen molar-refractivity contribution in [2.75, 3.05) is 25.5 Å². The molecule has 7 nitrogen and oxygen atoms in total. The van der Waals surface area contributed by atoms with E-state index in [1.54, 1.807) is 24.5 Å². The molecule has 1 aliphatic heterocycles. The minimum absolute atomic E-state index is 0.194. The number of hydrogen-bond donors (Lipinski definition) is 2. The molecule has 1 saturated heterocycles. The normalized spacial score (nSPS) is 16.1. The molecule has 2 aromatic carbocycles. The molecule has 0 aliphatic carbocycles. The lowest BCUT2D eigenvalue weighted by molar-refractivity contribution is -0.0305. The standard InChI is InChI=1S/C26H27N5O2/c1-30-15-11-26(33,12-16-30)18-31-23-17-21(28-25(32)20-9-13-27-14-10-20)7-8-22(23)24(29-31)19-5-3-2-4-6-19/h2-10,13-14,17,33H,11-12,15-16,18H2,1H3,(H,28,32). The van der Waals surface area contributed by atoms with Gasteiger partial charge >= 0.3 is 0 Å². The first-order valence-electron chi connectivity index (χ1n) is 11.2. The van der Waals surface area contributed by atoms with Crippen LogP contribution in [0.5, 0.6) is 0 Å². The third-order valence-electron chi connectivity index (χ3n) is 6.36. The monoisotopic (exact) mass is 441 g/mol. The van der Waals surface area contributed by atoms with E-state index < -0.39 is 5.60 Å². The number of aromatic nitrogens is 3. The van der Waals surface area contributed by atoms with Gasteiger partial charge in [0.15, 0.2) is 0 Å². The number of amides is 1. The number of nitrogens with one attached hydrogen (secondary N) is 1. The SMILES string of the molecule is CN1CCC(O)(Cn2nc(-c3ccccc3)c3ccc(NC(=O)c4ccncc4)cc32)CC1. The van der Waals surface area contributed by atoms with Crippen LogP contribution in [0.15, 0.2) is 73.1 Å². The van der Waals surface area contributed by atoms with E-state index in [1.165, 1.54) is 0 Å². The average Bonchev–Trinajstić information content (AvgIpc) is 3.19. The lowest BCUT2D eigenvalue weighted by Gasteiger charge is -2.36. The predicted octanol–water partition coefficient (Wildman–Crippen LogP) is 3.81. The van der Waals surface area contributed by atoms with Crippen molar-refractivity contribution >= 4 is 22.5 Å². The highest BCUT2D eigenvalue weighted by Crippen LogP contribution is 2.32. The van der Waals surface area contributed by atoms with E-state index >= 15 is 0 Å². The molecule has 1 amide bonds. The van der Waals surface area contributed by atoms with Gasteiger partial charge in [-0.25, -0.2) is 0 Å². The third-order valence-corrected chi connectivity index (χ3v) is 6.36. The quantitative estimate of drug-likeness (QED) is 0.492. The van der Waals surface area contributed by atoms with Crippen molar-refractivity contribution in [2.45, 2.75) is 25.0 Å². The Morgan fingerprint density at radius 1 is 1.06 bits per heavy atom. The largest absolute Gasteiger partial charge is 0.388 e. The summed E-state index contributed by atoms with van der Waals surface area (Å²) in [6, 6.07) is 19.2. The number of hydrogen-bond acceptors (Lipinski definition) is 5. The van der Waals surface area contributed by atoms with Gasteiger partial charge in [0.05, 0.1) is 17.7 Å². The van der Waals surface area contributed by atoms with E-state index in [4.69, 9.17) is 5.10 Å². The van der Waals surface area contributed by atoms with Gasteiger partial charge in [-0.05, 0) is 50.2 Å². The zero-order valence-electron chi connectivity index (χ0n) is 18.6. The summed E-state index contributed by atoms with van der Waals surface area (Å²) >= 11 is 0. The molecule has 2 aromatic heterocycles. The highest BCUT2D eigenvalue weighted by molar-refractivity contribution is 6.05. The fourth-order valence-corrected chi connectivity index (χ4v) is 4.36. The average molecular weight is 442 g/mol. The van der Waals surface area contributed by atoms with Crippen molar-refractivity contribution < 1.29 is 9.90 Å². The van der Waals surface area contributed by atoms with Crippen molar-refractivity contribution in [3.63, 3.8) is 0 Å². The van der Waals surface area contributed by atoms with Gasteiger partial charge in [-0.3, -0.25) is 14.5 Å². The number of carbonyl (C=O) groups is 1. The van der Waals surface area contributed by atoms with E-state index in [9.17, 15) is 9.90 Å². The van der Waals surface area contributed by atoms with Crippen molar-refractivity contribution in [3.8, 4) is 11.3 Å². The summed E-state index contributed by atoms with van der Waals surface area (Å²) in [4.78, 5) is 18.9. The van der Waals surface area contributed by atoms with Crippen LogP contribution >= 0.6 is 0 Å². The molecule has 0 bridgehead atoms. The Morgan fingerprint density at radius 3 is 2.52 bits per heavy atom. The van der Waals surface area contributed by atoms with Crippen LogP contribution in [0.3, 0.4) is 0 Å². The summed E-state index contributed by atoms with van der Waals surface area (Å²) in [6.45, 7) is 2.12. The molecule has 4 aromatic rings. The molecule has 0 spiro atoms. The highest BCUT2D eigenvalue weighted by Gasteiger charge is 2.32. The molecule has 0 radical (unpaired) electrons. The van der Waals surface area contributed by atoms with Crippen LogP contribution in [0.4, 0.5) is 5.69 Å². The Morgan fingerprint density at radius 2 is 1.79 bits per heavy atom. The Labute approximate surface area is 192 Å². The van der Waals surface area contributed by atoms with Crippen molar-refractivity contribution in [2.24, 2.45) is 0 Å². The molecule has 5 rings (SSSR count). The maximum Gasteiger partial charge on any atom is 0.255 e. The number of likely N-dealkylation sites (tertiary alicyclic amines) is 1. The number of fused-ring (bicyclic) bond motifs is 1. The van der Waals surface area contributed by atoms with Gasteiger partial charge in [0.1, 0.15) is 5.69 Å². The molecule has 0 atom stereocenters. The van der Waals surface area contributed by atoms with Crippen LogP contribution < -0.4 is 5.32 Å². The Balaban J connectivity index is 1.52. The summed E-state index contributed by atoms with van der Waals surface area (Å²) in [5, 5.41) is 20.2. The lowest BCUT2D eigenvalue weighted by atomic mass is 9.91. The molecule has 168 valence electrons. The second-order valence-electron chi connectivity index (χ2n) is 8.82. The van der Waals surface area contributed by atoms with E-state index in [2.05, 4.69) is 22.2 Å². The Hall–Kier alpha value is -3.55. The van der Waals surface area contributed by atoms with Crippen molar-refractivity contribution in [3.05, 3.63) is 78.6 Å². The molecule has 0 unspecified atom stereocenters. The second kappa shape index (κ2) is 8.77. The lowest BCUT2D eigenvalue weighted by Crippen LogP contribution is -2.45.